The molecule has 0 aliphatic rings. The van der Waals surface area contributed by atoms with Crippen LogP contribution in [0.5, 0.6) is 0 Å². The van der Waals surface area contributed by atoms with Gasteiger partial charge >= 0.3 is 0 Å². The Morgan fingerprint density at radius 1 is 1.41 bits per heavy atom. The Labute approximate surface area is 118 Å². The highest BCUT2D eigenvalue weighted by atomic mass is 79.9. The Morgan fingerprint density at radius 2 is 2.18 bits per heavy atom. The Kier molecular flexibility index (Phi) is 4.26. The zero-order chi connectivity index (χ0) is 12.4. The van der Waals surface area contributed by atoms with E-state index in [-0.39, 0.29) is 0 Å². The molecule has 2 rings (SSSR count). The minimum atomic E-state index is -0.495. The molecule has 2 aromatic rings. The molecule has 0 saturated carbocycles. The molecule has 4 heteroatoms. The lowest BCUT2D eigenvalue weighted by atomic mass is 10.0. The summed E-state index contributed by atoms with van der Waals surface area (Å²) >= 11 is 10.8. The van der Waals surface area contributed by atoms with Crippen LogP contribution in [-0.4, -0.2) is 5.11 Å². The van der Waals surface area contributed by atoms with Crippen LogP contribution in [-0.2, 0) is 6.42 Å². The number of aryl methyl sites for hydroxylation is 1. The molecule has 0 radical (unpaired) electrons. The molecule has 0 spiro atoms. The van der Waals surface area contributed by atoms with Gasteiger partial charge in [-0.2, -0.15) is 0 Å². The van der Waals surface area contributed by atoms with Gasteiger partial charge < -0.3 is 5.11 Å². The van der Waals surface area contributed by atoms with E-state index < -0.39 is 6.10 Å². The predicted octanol–water partition coefficient (Wildman–Crippen LogP) is 4.75. The maximum absolute atomic E-state index is 10.1. The number of halogens is 2. The molecule has 17 heavy (non-hydrogen) atoms. The van der Waals surface area contributed by atoms with E-state index in [1.807, 2.05) is 18.2 Å². The van der Waals surface area contributed by atoms with E-state index in [4.69, 9.17) is 11.6 Å². The first-order valence-corrected chi connectivity index (χ1v) is 7.23. The summed E-state index contributed by atoms with van der Waals surface area (Å²) in [6.45, 7) is 2.05. The number of aliphatic hydroxyl groups is 1. The highest BCUT2D eigenvalue weighted by molar-refractivity contribution is 9.11. The van der Waals surface area contributed by atoms with Crippen molar-refractivity contribution >= 4 is 38.9 Å². The van der Waals surface area contributed by atoms with Gasteiger partial charge in [0.05, 0.1) is 14.9 Å². The van der Waals surface area contributed by atoms with Crippen molar-refractivity contribution < 1.29 is 5.11 Å². The SMILES string of the molecule is Cc1cccc(CC(O)c2cc(Cl)c(Br)s2)c1. The second-order valence-electron chi connectivity index (χ2n) is 3.98. The second kappa shape index (κ2) is 5.53. The van der Waals surface area contributed by atoms with Crippen LogP contribution < -0.4 is 0 Å². The molecule has 0 fully saturated rings. The van der Waals surface area contributed by atoms with Crippen molar-refractivity contribution in [3.8, 4) is 0 Å². The first-order chi connectivity index (χ1) is 8.06. The Morgan fingerprint density at radius 3 is 2.76 bits per heavy atom. The lowest BCUT2D eigenvalue weighted by molar-refractivity contribution is 0.182. The van der Waals surface area contributed by atoms with Gasteiger partial charge in [-0.05, 0) is 34.5 Å². The molecule has 0 bridgehead atoms. The van der Waals surface area contributed by atoms with Crippen LogP contribution in [0.3, 0.4) is 0 Å². The van der Waals surface area contributed by atoms with Crippen LogP contribution in [0.4, 0.5) is 0 Å². The van der Waals surface area contributed by atoms with E-state index in [0.29, 0.717) is 11.4 Å². The fourth-order valence-corrected chi connectivity index (χ4v) is 3.42. The highest BCUT2D eigenvalue weighted by Gasteiger charge is 2.13. The lowest BCUT2D eigenvalue weighted by Gasteiger charge is -2.08. The van der Waals surface area contributed by atoms with Crippen LogP contribution in [0.2, 0.25) is 5.02 Å². The van der Waals surface area contributed by atoms with Gasteiger partial charge in [0.2, 0.25) is 0 Å². The molecule has 0 aliphatic carbocycles. The Hall–Kier alpha value is -0.350. The molecule has 0 saturated heterocycles. The fourth-order valence-electron chi connectivity index (χ4n) is 1.69. The standard InChI is InChI=1S/C13H12BrClOS/c1-8-3-2-4-9(5-8)6-11(16)12-7-10(15)13(14)17-12/h2-5,7,11,16H,6H2,1H3. The molecule has 1 atom stereocenters. The van der Waals surface area contributed by atoms with Gasteiger partial charge in [-0.25, -0.2) is 0 Å². The number of aliphatic hydroxyl groups excluding tert-OH is 1. The second-order valence-corrected chi connectivity index (χ2v) is 6.79. The van der Waals surface area contributed by atoms with E-state index >= 15 is 0 Å². The summed E-state index contributed by atoms with van der Waals surface area (Å²) in [5.74, 6) is 0. The van der Waals surface area contributed by atoms with E-state index in [2.05, 4.69) is 35.0 Å². The predicted molar refractivity (Wildman–Crippen MR) is 76.9 cm³/mol. The lowest BCUT2D eigenvalue weighted by Crippen LogP contribution is -1.99. The van der Waals surface area contributed by atoms with Crippen molar-refractivity contribution in [1.82, 2.24) is 0 Å². The van der Waals surface area contributed by atoms with Crippen LogP contribution >= 0.6 is 38.9 Å². The molecule has 0 aliphatic heterocycles. The summed E-state index contributed by atoms with van der Waals surface area (Å²) in [6.07, 6.45) is 0.121. The summed E-state index contributed by atoms with van der Waals surface area (Å²) in [6, 6.07) is 9.99. The molecule has 1 N–H and O–H groups in total. The van der Waals surface area contributed by atoms with Crippen molar-refractivity contribution in [1.29, 1.82) is 0 Å². The van der Waals surface area contributed by atoms with Crippen molar-refractivity contribution in [2.45, 2.75) is 19.4 Å². The number of benzene rings is 1. The van der Waals surface area contributed by atoms with E-state index in [0.717, 1.165) is 14.2 Å². The van der Waals surface area contributed by atoms with Gasteiger partial charge in [-0.1, -0.05) is 41.4 Å². The molecule has 1 nitrogen and oxygen atoms in total. The average molecular weight is 332 g/mol. The highest BCUT2D eigenvalue weighted by Crippen LogP contribution is 2.36. The van der Waals surface area contributed by atoms with E-state index in [1.54, 1.807) is 0 Å². The summed E-state index contributed by atoms with van der Waals surface area (Å²) < 4.78 is 0.873. The zero-order valence-electron chi connectivity index (χ0n) is 9.28. The molecule has 1 heterocycles. The molecule has 1 aromatic carbocycles. The summed E-state index contributed by atoms with van der Waals surface area (Å²) in [7, 11) is 0. The number of hydrogen-bond donors (Lipinski definition) is 1. The third kappa shape index (κ3) is 3.32. The largest absolute Gasteiger partial charge is 0.387 e. The average Bonchev–Trinajstić information content (AvgIpc) is 2.59. The molecule has 0 amide bonds. The smallest absolute Gasteiger partial charge is 0.0923 e. The monoisotopic (exact) mass is 330 g/mol. The van der Waals surface area contributed by atoms with Crippen molar-refractivity contribution in [3.05, 3.63) is 55.1 Å². The Bertz CT molecular complexity index is 504. The molecule has 90 valence electrons. The normalized spacial score (nSPS) is 12.7. The van der Waals surface area contributed by atoms with E-state index in [1.165, 1.54) is 16.9 Å². The van der Waals surface area contributed by atoms with Gasteiger partial charge in [0, 0.05) is 11.3 Å². The third-order valence-corrected chi connectivity index (χ3v) is 5.08. The topological polar surface area (TPSA) is 20.2 Å². The first kappa shape index (κ1) is 13.1. The minimum Gasteiger partial charge on any atom is -0.387 e. The van der Waals surface area contributed by atoms with Gasteiger partial charge in [0.25, 0.3) is 0 Å². The first-order valence-electron chi connectivity index (χ1n) is 5.24. The van der Waals surface area contributed by atoms with Crippen molar-refractivity contribution in [2.75, 3.05) is 0 Å². The van der Waals surface area contributed by atoms with Gasteiger partial charge in [0.1, 0.15) is 0 Å². The molecular weight excluding hydrogens is 320 g/mol. The zero-order valence-corrected chi connectivity index (χ0v) is 12.4. The minimum absolute atomic E-state index is 0.495. The maximum atomic E-state index is 10.1. The molecule has 1 aromatic heterocycles. The maximum Gasteiger partial charge on any atom is 0.0923 e. The Balaban J connectivity index is 2.14. The van der Waals surface area contributed by atoms with Gasteiger partial charge in [0.15, 0.2) is 0 Å². The number of hydrogen-bond acceptors (Lipinski definition) is 2. The quantitative estimate of drug-likeness (QED) is 0.860. The van der Waals surface area contributed by atoms with Crippen molar-refractivity contribution in [3.63, 3.8) is 0 Å². The van der Waals surface area contributed by atoms with Crippen LogP contribution in [0, 0.1) is 6.92 Å². The number of thiophene rings is 1. The summed E-state index contributed by atoms with van der Waals surface area (Å²) in [5, 5.41) is 10.8. The van der Waals surface area contributed by atoms with Crippen LogP contribution in [0.15, 0.2) is 34.1 Å². The number of rotatable bonds is 3. The third-order valence-electron chi connectivity index (χ3n) is 2.50. The van der Waals surface area contributed by atoms with E-state index in [9.17, 15) is 5.11 Å². The van der Waals surface area contributed by atoms with Crippen LogP contribution in [0.25, 0.3) is 0 Å². The van der Waals surface area contributed by atoms with Gasteiger partial charge in [-0.15, -0.1) is 11.3 Å². The molecular formula is C13H12BrClOS. The summed E-state index contributed by atoms with van der Waals surface area (Å²) in [4.78, 5) is 0.892. The molecule has 1 unspecified atom stereocenters. The van der Waals surface area contributed by atoms with Crippen molar-refractivity contribution in [2.24, 2.45) is 0 Å². The summed E-state index contributed by atoms with van der Waals surface area (Å²) in [5.41, 5.74) is 2.35. The fraction of sp³-hybridized carbons (Fsp3) is 0.231. The van der Waals surface area contributed by atoms with Crippen LogP contribution in [0.1, 0.15) is 22.1 Å². The van der Waals surface area contributed by atoms with Gasteiger partial charge in [-0.3, -0.25) is 0 Å².